The SMILES string of the molecule is CC[C@H]1COC(=O)N1c1ccnc(NC(C)c2ccc(CN3CCNCC3)cc2)n1. The van der Waals surface area contributed by atoms with Gasteiger partial charge in [-0.1, -0.05) is 31.2 Å². The third kappa shape index (κ3) is 4.71. The fourth-order valence-corrected chi connectivity index (χ4v) is 3.91. The zero-order valence-electron chi connectivity index (χ0n) is 17.7. The van der Waals surface area contributed by atoms with Crippen LogP contribution in [-0.2, 0) is 11.3 Å². The molecule has 30 heavy (non-hydrogen) atoms. The van der Waals surface area contributed by atoms with Gasteiger partial charge < -0.3 is 15.4 Å². The summed E-state index contributed by atoms with van der Waals surface area (Å²) >= 11 is 0. The van der Waals surface area contributed by atoms with Crippen molar-refractivity contribution in [2.45, 2.75) is 38.9 Å². The molecule has 0 saturated carbocycles. The topological polar surface area (TPSA) is 82.6 Å². The summed E-state index contributed by atoms with van der Waals surface area (Å²) in [5.41, 5.74) is 2.49. The van der Waals surface area contributed by atoms with E-state index in [1.165, 1.54) is 11.1 Å². The molecule has 8 nitrogen and oxygen atoms in total. The monoisotopic (exact) mass is 410 g/mol. The Morgan fingerprint density at radius 2 is 2.00 bits per heavy atom. The zero-order valence-corrected chi connectivity index (χ0v) is 17.7. The summed E-state index contributed by atoms with van der Waals surface area (Å²) in [5, 5.41) is 6.74. The van der Waals surface area contributed by atoms with E-state index in [0.717, 1.165) is 39.1 Å². The maximum absolute atomic E-state index is 12.1. The van der Waals surface area contributed by atoms with E-state index in [-0.39, 0.29) is 18.2 Å². The summed E-state index contributed by atoms with van der Waals surface area (Å²) in [6.45, 7) is 9.82. The second kappa shape index (κ2) is 9.40. The predicted molar refractivity (Wildman–Crippen MR) is 117 cm³/mol. The third-order valence-corrected chi connectivity index (χ3v) is 5.76. The summed E-state index contributed by atoms with van der Waals surface area (Å²) < 4.78 is 5.18. The van der Waals surface area contributed by atoms with Crippen molar-refractivity contribution >= 4 is 17.9 Å². The van der Waals surface area contributed by atoms with Gasteiger partial charge in [-0.3, -0.25) is 9.80 Å². The Balaban J connectivity index is 1.40. The van der Waals surface area contributed by atoms with Crippen molar-refractivity contribution < 1.29 is 9.53 Å². The Bertz CT molecular complexity index is 853. The molecule has 2 atom stereocenters. The largest absolute Gasteiger partial charge is 0.447 e. The molecule has 1 unspecified atom stereocenters. The number of anilines is 2. The van der Waals surface area contributed by atoms with Crippen molar-refractivity contribution in [3.05, 3.63) is 47.7 Å². The summed E-state index contributed by atoms with van der Waals surface area (Å²) in [4.78, 5) is 25.1. The first-order valence-corrected chi connectivity index (χ1v) is 10.7. The zero-order chi connectivity index (χ0) is 20.9. The number of hydrogen-bond acceptors (Lipinski definition) is 7. The van der Waals surface area contributed by atoms with Crippen molar-refractivity contribution in [2.24, 2.45) is 0 Å². The second-order valence-electron chi connectivity index (χ2n) is 7.88. The van der Waals surface area contributed by atoms with Crippen LogP contribution in [0.4, 0.5) is 16.6 Å². The van der Waals surface area contributed by atoms with Gasteiger partial charge in [-0.15, -0.1) is 0 Å². The van der Waals surface area contributed by atoms with E-state index in [1.54, 1.807) is 17.2 Å². The Labute approximate surface area is 177 Å². The lowest BCUT2D eigenvalue weighted by molar-refractivity contribution is 0.178. The van der Waals surface area contributed by atoms with Gasteiger partial charge in [0.15, 0.2) is 0 Å². The van der Waals surface area contributed by atoms with E-state index in [4.69, 9.17) is 4.74 Å². The molecule has 0 radical (unpaired) electrons. The fraction of sp³-hybridized carbons (Fsp3) is 0.500. The van der Waals surface area contributed by atoms with Crippen LogP contribution >= 0.6 is 0 Å². The van der Waals surface area contributed by atoms with E-state index in [0.29, 0.717) is 18.4 Å². The molecule has 8 heteroatoms. The van der Waals surface area contributed by atoms with E-state index >= 15 is 0 Å². The van der Waals surface area contributed by atoms with Crippen molar-refractivity contribution in [1.29, 1.82) is 0 Å². The van der Waals surface area contributed by atoms with Gasteiger partial charge in [0.05, 0.1) is 12.1 Å². The van der Waals surface area contributed by atoms with Crippen LogP contribution in [0.2, 0.25) is 0 Å². The average molecular weight is 411 g/mol. The molecule has 160 valence electrons. The molecule has 2 aliphatic heterocycles. The van der Waals surface area contributed by atoms with Gasteiger partial charge in [0.25, 0.3) is 0 Å². The maximum atomic E-state index is 12.1. The lowest BCUT2D eigenvalue weighted by atomic mass is 10.1. The van der Waals surface area contributed by atoms with Crippen molar-refractivity contribution in [3.63, 3.8) is 0 Å². The standard InChI is InChI=1S/C22H30N6O2/c1-3-19-15-30-22(29)28(19)20-8-9-24-21(26-20)25-16(2)18-6-4-17(5-7-18)14-27-12-10-23-11-13-27/h4-9,16,19,23H,3,10-15H2,1-2H3,(H,24,25,26)/t16?,19-/m0/s1. The first kappa shape index (κ1) is 20.6. The van der Waals surface area contributed by atoms with Crippen molar-refractivity contribution in [1.82, 2.24) is 20.2 Å². The molecule has 3 heterocycles. The van der Waals surface area contributed by atoms with E-state index in [2.05, 4.69) is 56.7 Å². The molecule has 0 bridgehead atoms. The summed E-state index contributed by atoms with van der Waals surface area (Å²) in [7, 11) is 0. The molecule has 0 spiro atoms. The minimum atomic E-state index is -0.348. The molecule has 2 aromatic rings. The van der Waals surface area contributed by atoms with Crippen LogP contribution in [0, 0.1) is 0 Å². The molecule has 2 fully saturated rings. The van der Waals surface area contributed by atoms with E-state index < -0.39 is 0 Å². The van der Waals surface area contributed by atoms with Gasteiger partial charge >= 0.3 is 6.09 Å². The number of nitrogens with zero attached hydrogens (tertiary/aromatic N) is 4. The lowest BCUT2D eigenvalue weighted by Crippen LogP contribution is -2.42. The molecular weight excluding hydrogens is 380 g/mol. The lowest BCUT2D eigenvalue weighted by Gasteiger charge is -2.27. The first-order chi connectivity index (χ1) is 14.6. The van der Waals surface area contributed by atoms with Gasteiger partial charge in [-0.05, 0) is 30.5 Å². The Morgan fingerprint density at radius 3 is 2.73 bits per heavy atom. The first-order valence-electron chi connectivity index (χ1n) is 10.7. The second-order valence-corrected chi connectivity index (χ2v) is 7.88. The number of cyclic esters (lactones) is 1. The number of hydrogen-bond donors (Lipinski definition) is 2. The number of carbonyl (C=O) groups excluding carboxylic acids is 1. The van der Waals surface area contributed by atoms with Crippen LogP contribution in [-0.4, -0.2) is 59.8 Å². The molecule has 1 aromatic carbocycles. The fourth-order valence-electron chi connectivity index (χ4n) is 3.91. The van der Waals surface area contributed by atoms with E-state index in [1.807, 2.05) is 6.92 Å². The summed E-state index contributed by atoms with van der Waals surface area (Å²) in [5.74, 6) is 1.07. The molecular formula is C22H30N6O2. The van der Waals surface area contributed by atoms with Crippen LogP contribution in [0.5, 0.6) is 0 Å². The minimum Gasteiger partial charge on any atom is -0.447 e. The van der Waals surface area contributed by atoms with Crippen LogP contribution in [0.25, 0.3) is 0 Å². The van der Waals surface area contributed by atoms with Gasteiger partial charge in [0.2, 0.25) is 5.95 Å². The molecule has 0 aliphatic carbocycles. The molecule has 1 aromatic heterocycles. The Kier molecular flexibility index (Phi) is 6.44. The van der Waals surface area contributed by atoms with Crippen LogP contribution in [0.3, 0.4) is 0 Å². The van der Waals surface area contributed by atoms with Crippen LogP contribution < -0.4 is 15.5 Å². The van der Waals surface area contributed by atoms with E-state index in [9.17, 15) is 4.79 Å². The highest BCUT2D eigenvalue weighted by Gasteiger charge is 2.34. The van der Waals surface area contributed by atoms with Gasteiger partial charge in [0.1, 0.15) is 12.4 Å². The van der Waals surface area contributed by atoms with Gasteiger partial charge in [-0.2, -0.15) is 4.98 Å². The number of rotatable bonds is 7. The number of nitrogens with one attached hydrogen (secondary N) is 2. The van der Waals surface area contributed by atoms with Crippen LogP contribution in [0.15, 0.2) is 36.5 Å². The molecule has 2 aliphatic rings. The van der Waals surface area contributed by atoms with Crippen LogP contribution in [0.1, 0.15) is 37.4 Å². The smallest absolute Gasteiger partial charge is 0.415 e. The predicted octanol–water partition coefficient (Wildman–Crippen LogP) is 2.79. The quantitative estimate of drug-likeness (QED) is 0.726. The van der Waals surface area contributed by atoms with Gasteiger partial charge in [0, 0.05) is 38.9 Å². The highest BCUT2D eigenvalue weighted by Crippen LogP contribution is 2.24. The minimum absolute atomic E-state index is 0.0147. The molecule has 2 N–H and O–H groups in total. The molecule has 2 saturated heterocycles. The third-order valence-electron chi connectivity index (χ3n) is 5.76. The normalized spacial score (nSPS) is 20.8. The molecule has 1 amide bonds. The molecule has 4 rings (SSSR count). The van der Waals surface area contributed by atoms with Crippen molar-refractivity contribution in [3.8, 4) is 0 Å². The summed E-state index contributed by atoms with van der Waals surface area (Å²) in [6, 6.07) is 10.5. The number of ether oxygens (including phenoxy) is 1. The Morgan fingerprint density at radius 1 is 1.23 bits per heavy atom. The Hall–Kier alpha value is -2.71. The maximum Gasteiger partial charge on any atom is 0.415 e. The number of piperazine rings is 1. The highest BCUT2D eigenvalue weighted by molar-refractivity contribution is 5.89. The average Bonchev–Trinajstić information content (AvgIpc) is 3.15. The number of amides is 1. The number of aromatic nitrogens is 2. The summed E-state index contributed by atoms with van der Waals surface area (Å²) in [6.07, 6.45) is 2.14. The number of benzene rings is 1. The number of carbonyl (C=O) groups is 1. The van der Waals surface area contributed by atoms with Crippen molar-refractivity contribution in [2.75, 3.05) is 43.0 Å². The highest BCUT2D eigenvalue weighted by atomic mass is 16.6. The van der Waals surface area contributed by atoms with Gasteiger partial charge in [-0.25, -0.2) is 9.78 Å².